The number of sulfonamides is 1. The molecule has 21 heavy (non-hydrogen) atoms. The number of carbonyl (C=O) groups is 1. The first-order valence-corrected chi connectivity index (χ1v) is 8.71. The van der Waals surface area contributed by atoms with Crippen LogP contribution in [0.15, 0.2) is 20.0 Å². The molecule has 0 aromatic carbocycles. The van der Waals surface area contributed by atoms with Crippen LogP contribution in [0.3, 0.4) is 0 Å². The monoisotopic (exact) mass is 381 g/mol. The van der Waals surface area contributed by atoms with Crippen molar-refractivity contribution in [2.45, 2.75) is 30.7 Å². The van der Waals surface area contributed by atoms with Crippen molar-refractivity contribution in [3.05, 3.63) is 16.5 Å². The van der Waals surface area contributed by atoms with E-state index >= 15 is 0 Å². The minimum atomic E-state index is -3.85. The van der Waals surface area contributed by atoms with E-state index < -0.39 is 21.8 Å². The normalized spacial score (nSPS) is 18.6. The van der Waals surface area contributed by atoms with Crippen molar-refractivity contribution >= 4 is 31.9 Å². The number of aromatic carboxylic acids is 1. The molecule has 0 spiro atoms. The van der Waals surface area contributed by atoms with Gasteiger partial charge in [0.15, 0.2) is 4.67 Å². The third-order valence-corrected chi connectivity index (χ3v) is 5.89. The van der Waals surface area contributed by atoms with Crippen LogP contribution in [0.2, 0.25) is 0 Å². The first-order chi connectivity index (χ1) is 9.81. The quantitative estimate of drug-likeness (QED) is 0.805. The van der Waals surface area contributed by atoms with Gasteiger partial charge in [-0.05, 0) is 41.6 Å². The molecule has 0 aliphatic carbocycles. The summed E-state index contributed by atoms with van der Waals surface area (Å²) in [5.41, 5.74) is 0. The number of furan rings is 1. The smallest absolute Gasteiger partial charge is 0.371 e. The van der Waals surface area contributed by atoms with E-state index in [0.29, 0.717) is 13.2 Å². The molecule has 1 fully saturated rings. The molecular formula is C12H16BrNO6S. The minimum absolute atomic E-state index is 0.119. The van der Waals surface area contributed by atoms with E-state index in [9.17, 15) is 13.2 Å². The second kappa shape index (κ2) is 6.47. The van der Waals surface area contributed by atoms with E-state index in [1.165, 1.54) is 0 Å². The molecule has 0 saturated carbocycles. The summed E-state index contributed by atoms with van der Waals surface area (Å²) in [6, 6.07) is 0.722. The van der Waals surface area contributed by atoms with Crippen molar-refractivity contribution in [1.82, 2.24) is 4.72 Å². The highest BCUT2D eigenvalue weighted by Crippen LogP contribution is 2.27. The van der Waals surface area contributed by atoms with Gasteiger partial charge in [0.2, 0.25) is 15.8 Å². The zero-order valence-electron chi connectivity index (χ0n) is 11.3. The Kier molecular flexibility index (Phi) is 5.07. The molecule has 118 valence electrons. The molecule has 1 atom stereocenters. The largest absolute Gasteiger partial charge is 0.475 e. The molecule has 0 amide bonds. The fourth-order valence-electron chi connectivity index (χ4n) is 2.26. The van der Waals surface area contributed by atoms with Crippen molar-refractivity contribution < 1.29 is 27.5 Å². The van der Waals surface area contributed by atoms with Gasteiger partial charge in [0, 0.05) is 25.3 Å². The van der Waals surface area contributed by atoms with Crippen LogP contribution in [0.5, 0.6) is 0 Å². The Morgan fingerprint density at radius 1 is 1.48 bits per heavy atom. The molecule has 2 rings (SSSR count). The maximum atomic E-state index is 12.3. The Labute approximate surface area is 130 Å². The maximum Gasteiger partial charge on any atom is 0.371 e. The van der Waals surface area contributed by atoms with Crippen LogP contribution in [-0.4, -0.2) is 38.7 Å². The summed E-state index contributed by atoms with van der Waals surface area (Å²) in [5, 5.41) is 8.83. The molecule has 9 heteroatoms. The Morgan fingerprint density at radius 2 is 2.10 bits per heavy atom. The summed E-state index contributed by atoms with van der Waals surface area (Å²) in [6.07, 6.45) is 1.58. The van der Waals surface area contributed by atoms with E-state index in [4.69, 9.17) is 14.3 Å². The molecule has 2 N–H and O–H groups in total. The van der Waals surface area contributed by atoms with Crippen molar-refractivity contribution in [1.29, 1.82) is 0 Å². The summed E-state index contributed by atoms with van der Waals surface area (Å²) in [5.74, 6) is -1.56. The topological polar surface area (TPSA) is 106 Å². The average Bonchev–Trinajstić information content (AvgIpc) is 2.82. The highest BCUT2D eigenvalue weighted by molar-refractivity contribution is 9.10. The predicted molar refractivity (Wildman–Crippen MR) is 76.7 cm³/mol. The van der Waals surface area contributed by atoms with Crippen molar-refractivity contribution in [2.75, 3.05) is 13.2 Å². The summed E-state index contributed by atoms with van der Waals surface area (Å²) < 4.78 is 37.2. The number of nitrogens with one attached hydrogen (secondary N) is 1. The third kappa shape index (κ3) is 3.85. The first-order valence-electron chi connectivity index (χ1n) is 6.44. The molecule has 1 saturated heterocycles. The van der Waals surface area contributed by atoms with Crippen molar-refractivity contribution in [3.63, 3.8) is 0 Å². The zero-order chi connectivity index (χ0) is 15.6. The highest BCUT2D eigenvalue weighted by Gasteiger charge is 2.29. The van der Waals surface area contributed by atoms with E-state index in [-0.39, 0.29) is 21.5 Å². The van der Waals surface area contributed by atoms with Crippen LogP contribution >= 0.6 is 15.9 Å². The number of rotatable bonds is 5. The molecule has 1 aromatic rings. The van der Waals surface area contributed by atoms with Crippen LogP contribution in [0.1, 0.15) is 30.3 Å². The molecule has 1 unspecified atom stereocenters. The second-order valence-corrected chi connectivity index (χ2v) is 7.32. The molecular weight excluding hydrogens is 366 g/mol. The predicted octanol–water partition coefficient (Wildman–Crippen LogP) is 1.83. The standard InChI is InChI=1S/C12H16BrNO6S/c1-7(8-2-4-19-5-3-8)14-21(17,18)10-6-9(12(15)16)20-11(10)13/h6-8,14H,2-5H2,1H3,(H,15,16). The fourth-order valence-corrected chi connectivity index (χ4v) is 4.51. The lowest BCUT2D eigenvalue weighted by molar-refractivity contribution is 0.0585. The van der Waals surface area contributed by atoms with Gasteiger partial charge < -0.3 is 14.3 Å². The van der Waals surface area contributed by atoms with Crippen LogP contribution in [-0.2, 0) is 14.8 Å². The lowest BCUT2D eigenvalue weighted by atomic mass is 9.94. The average molecular weight is 382 g/mol. The first kappa shape index (κ1) is 16.5. The fraction of sp³-hybridized carbons (Fsp3) is 0.583. The van der Waals surface area contributed by atoms with Crippen LogP contribution in [0, 0.1) is 5.92 Å². The number of carboxylic acid groups (broad SMARTS) is 1. The minimum Gasteiger partial charge on any atom is -0.475 e. The Hall–Kier alpha value is -0.900. The number of halogens is 1. The molecule has 0 bridgehead atoms. The van der Waals surface area contributed by atoms with Gasteiger partial charge in [-0.15, -0.1) is 0 Å². The molecule has 0 radical (unpaired) electrons. The third-order valence-electron chi connectivity index (χ3n) is 3.47. The molecule has 1 aliphatic rings. The van der Waals surface area contributed by atoms with Crippen molar-refractivity contribution in [3.8, 4) is 0 Å². The molecule has 2 heterocycles. The van der Waals surface area contributed by atoms with Gasteiger partial charge >= 0.3 is 5.97 Å². The lowest BCUT2D eigenvalue weighted by Gasteiger charge is -2.28. The summed E-state index contributed by atoms with van der Waals surface area (Å²) in [7, 11) is -3.85. The van der Waals surface area contributed by atoms with E-state index in [1.54, 1.807) is 6.92 Å². The van der Waals surface area contributed by atoms with Gasteiger partial charge in [-0.3, -0.25) is 0 Å². The Balaban J connectivity index is 2.16. The number of carboxylic acids is 1. The molecule has 7 nitrogen and oxygen atoms in total. The van der Waals surface area contributed by atoms with E-state index in [0.717, 1.165) is 18.9 Å². The number of ether oxygens (including phenoxy) is 1. The van der Waals surface area contributed by atoms with Crippen LogP contribution in [0.4, 0.5) is 0 Å². The van der Waals surface area contributed by atoms with Gasteiger partial charge in [0.05, 0.1) is 0 Å². The maximum absolute atomic E-state index is 12.3. The van der Waals surface area contributed by atoms with Gasteiger partial charge in [0.1, 0.15) is 4.90 Å². The van der Waals surface area contributed by atoms with Gasteiger partial charge in [-0.25, -0.2) is 17.9 Å². The lowest BCUT2D eigenvalue weighted by Crippen LogP contribution is -2.40. The SMILES string of the molecule is CC(NS(=O)(=O)c1cc(C(=O)O)oc1Br)C1CCOCC1. The number of hydrogen-bond donors (Lipinski definition) is 2. The molecule has 1 aromatic heterocycles. The van der Waals surface area contributed by atoms with Crippen LogP contribution in [0.25, 0.3) is 0 Å². The van der Waals surface area contributed by atoms with E-state index in [1.807, 2.05) is 0 Å². The summed E-state index contributed by atoms with van der Waals surface area (Å²) >= 11 is 2.94. The zero-order valence-corrected chi connectivity index (χ0v) is 13.7. The summed E-state index contributed by atoms with van der Waals surface area (Å²) in [4.78, 5) is 10.6. The van der Waals surface area contributed by atoms with Gasteiger partial charge in [-0.1, -0.05) is 0 Å². The second-order valence-electron chi connectivity index (χ2n) is 4.91. The highest BCUT2D eigenvalue weighted by atomic mass is 79.9. The Morgan fingerprint density at radius 3 is 2.62 bits per heavy atom. The van der Waals surface area contributed by atoms with E-state index in [2.05, 4.69) is 20.7 Å². The molecule has 1 aliphatic heterocycles. The van der Waals surface area contributed by atoms with Crippen molar-refractivity contribution in [2.24, 2.45) is 5.92 Å². The van der Waals surface area contributed by atoms with Crippen LogP contribution < -0.4 is 4.72 Å². The van der Waals surface area contributed by atoms with Gasteiger partial charge in [-0.2, -0.15) is 0 Å². The number of hydrogen-bond acceptors (Lipinski definition) is 5. The summed E-state index contributed by atoms with van der Waals surface area (Å²) in [6.45, 7) is 3.03. The van der Waals surface area contributed by atoms with Gasteiger partial charge in [0.25, 0.3) is 0 Å². The Bertz CT molecular complexity index is 620.